The number of aromatic amines is 1. The summed E-state index contributed by atoms with van der Waals surface area (Å²) in [6.07, 6.45) is 1.31. The zero-order chi connectivity index (χ0) is 10.7. The number of aromatic nitrogens is 3. The van der Waals surface area contributed by atoms with Gasteiger partial charge < -0.3 is 5.73 Å². The number of nitrogens with two attached hydrogens (primary N) is 1. The first-order valence-electron chi connectivity index (χ1n) is 4.28. The van der Waals surface area contributed by atoms with Crippen LogP contribution in [0.5, 0.6) is 0 Å². The number of amides is 1. The highest BCUT2D eigenvalue weighted by Crippen LogP contribution is 2.07. The molecule has 0 aliphatic rings. The SMILES string of the molecule is Nc1cccc(C(=O)Nc2ncn[nH]2)c1. The molecule has 0 aliphatic carbocycles. The summed E-state index contributed by atoms with van der Waals surface area (Å²) in [5, 5.41) is 8.68. The molecule has 1 aromatic heterocycles. The highest BCUT2D eigenvalue weighted by Gasteiger charge is 2.06. The lowest BCUT2D eigenvalue weighted by atomic mass is 10.2. The van der Waals surface area contributed by atoms with E-state index in [1.165, 1.54) is 6.33 Å². The minimum absolute atomic E-state index is 0.279. The third-order valence-electron chi connectivity index (χ3n) is 1.80. The number of hydrogen-bond acceptors (Lipinski definition) is 4. The molecule has 0 radical (unpaired) electrons. The van der Waals surface area contributed by atoms with Crippen molar-refractivity contribution in [1.82, 2.24) is 15.2 Å². The first kappa shape index (κ1) is 9.20. The van der Waals surface area contributed by atoms with Crippen molar-refractivity contribution in [2.24, 2.45) is 0 Å². The summed E-state index contributed by atoms with van der Waals surface area (Å²) in [4.78, 5) is 15.4. The van der Waals surface area contributed by atoms with Crippen LogP contribution in [0.3, 0.4) is 0 Å². The number of nitrogens with zero attached hydrogens (tertiary/aromatic N) is 2. The molecular weight excluding hydrogens is 194 g/mol. The minimum atomic E-state index is -0.279. The zero-order valence-corrected chi connectivity index (χ0v) is 7.77. The Morgan fingerprint density at radius 2 is 2.33 bits per heavy atom. The first-order valence-corrected chi connectivity index (χ1v) is 4.28. The van der Waals surface area contributed by atoms with Gasteiger partial charge in [-0.25, -0.2) is 5.10 Å². The largest absolute Gasteiger partial charge is 0.399 e. The van der Waals surface area contributed by atoms with E-state index in [0.29, 0.717) is 17.2 Å². The Labute approximate surface area is 85.5 Å². The molecule has 0 saturated carbocycles. The summed E-state index contributed by atoms with van der Waals surface area (Å²) in [6.45, 7) is 0. The van der Waals surface area contributed by atoms with Crippen molar-refractivity contribution in [3.63, 3.8) is 0 Å². The van der Waals surface area contributed by atoms with Crippen molar-refractivity contribution in [2.45, 2.75) is 0 Å². The zero-order valence-electron chi connectivity index (χ0n) is 7.77. The molecule has 1 heterocycles. The van der Waals surface area contributed by atoms with Gasteiger partial charge in [0.15, 0.2) is 0 Å². The molecule has 0 saturated heterocycles. The number of H-pyrrole nitrogens is 1. The molecule has 2 rings (SSSR count). The van der Waals surface area contributed by atoms with Crippen molar-refractivity contribution < 1.29 is 4.79 Å². The first-order chi connectivity index (χ1) is 7.25. The van der Waals surface area contributed by atoms with Crippen molar-refractivity contribution >= 4 is 17.5 Å². The summed E-state index contributed by atoms with van der Waals surface area (Å²) in [6, 6.07) is 6.68. The number of hydrogen-bond donors (Lipinski definition) is 3. The molecule has 0 atom stereocenters. The van der Waals surface area contributed by atoms with Crippen molar-refractivity contribution in [2.75, 3.05) is 11.1 Å². The molecule has 0 unspecified atom stereocenters. The van der Waals surface area contributed by atoms with Crippen LogP contribution in [0.2, 0.25) is 0 Å². The summed E-state index contributed by atoms with van der Waals surface area (Å²) in [5.74, 6) is 0.0291. The van der Waals surface area contributed by atoms with Crippen molar-refractivity contribution in [3.8, 4) is 0 Å². The molecule has 0 fully saturated rings. The standard InChI is InChI=1S/C9H9N5O/c10-7-3-1-2-6(4-7)8(15)13-9-11-5-12-14-9/h1-5H,10H2,(H2,11,12,13,14,15). The Morgan fingerprint density at radius 3 is 3.00 bits per heavy atom. The predicted octanol–water partition coefficient (Wildman–Crippen LogP) is 0.639. The lowest BCUT2D eigenvalue weighted by Gasteiger charge is -2.01. The van der Waals surface area contributed by atoms with Crippen LogP contribution in [-0.4, -0.2) is 21.1 Å². The van der Waals surface area contributed by atoms with Crippen LogP contribution in [-0.2, 0) is 0 Å². The Balaban J connectivity index is 2.15. The molecule has 1 amide bonds. The molecule has 0 bridgehead atoms. The normalized spacial score (nSPS) is 9.87. The van der Waals surface area contributed by atoms with Crippen LogP contribution < -0.4 is 11.1 Å². The molecule has 4 N–H and O–H groups in total. The highest BCUT2D eigenvalue weighted by molar-refractivity contribution is 6.03. The smallest absolute Gasteiger partial charge is 0.258 e. The molecular formula is C9H9N5O. The van der Waals surface area contributed by atoms with E-state index >= 15 is 0 Å². The number of benzene rings is 1. The number of rotatable bonds is 2. The van der Waals surface area contributed by atoms with Gasteiger partial charge in [0.05, 0.1) is 0 Å². The number of nitrogen functional groups attached to an aromatic ring is 1. The van der Waals surface area contributed by atoms with E-state index in [1.807, 2.05) is 0 Å². The summed E-state index contributed by atoms with van der Waals surface area (Å²) in [7, 11) is 0. The summed E-state index contributed by atoms with van der Waals surface area (Å²) < 4.78 is 0. The van der Waals surface area contributed by atoms with Crippen molar-refractivity contribution in [1.29, 1.82) is 0 Å². The topological polar surface area (TPSA) is 96.7 Å². The fourth-order valence-corrected chi connectivity index (χ4v) is 1.13. The fourth-order valence-electron chi connectivity index (χ4n) is 1.13. The highest BCUT2D eigenvalue weighted by atomic mass is 16.1. The van der Waals surface area contributed by atoms with E-state index < -0.39 is 0 Å². The van der Waals surface area contributed by atoms with E-state index in [1.54, 1.807) is 24.3 Å². The minimum Gasteiger partial charge on any atom is -0.399 e. The maximum atomic E-state index is 11.6. The molecule has 6 heteroatoms. The van der Waals surface area contributed by atoms with Gasteiger partial charge >= 0.3 is 0 Å². The van der Waals surface area contributed by atoms with E-state index in [2.05, 4.69) is 20.5 Å². The Morgan fingerprint density at radius 1 is 1.47 bits per heavy atom. The summed E-state index contributed by atoms with van der Waals surface area (Å²) in [5.41, 5.74) is 6.57. The van der Waals surface area contributed by atoms with Gasteiger partial charge in [-0.3, -0.25) is 10.1 Å². The van der Waals surface area contributed by atoms with Gasteiger partial charge in [0, 0.05) is 11.3 Å². The maximum absolute atomic E-state index is 11.6. The number of nitrogens with one attached hydrogen (secondary N) is 2. The van der Waals surface area contributed by atoms with Crippen LogP contribution in [0.1, 0.15) is 10.4 Å². The van der Waals surface area contributed by atoms with Gasteiger partial charge in [0.25, 0.3) is 5.91 Å². The molecule has 0 aliphatic heterocycles. The number of anilines is 2. The van der Waals surface area contributed by atoms with E-state index in [0.717, 1.165) is 0 Å². The molecule has 2 aromatic rings. The second-order valence-electron chi connectivity index (χ2n) is 2.91. The van der Waals surface area contributed by atoms with Crippen LogP contribution in [0.15, 0.2) is 30.6 Å². The van der Waals surface area contributed by atoms with E-state index in [-0.39, 0.29) is 5.91 Å². The van der Waals surface area contributed by atoms with E-state index in [9.17, 15) is 4.79 Å². The quantitative estimate of drug-likeness (QED) is 0.624. The third kappa shape index (κ3) is 2.11. The number of carbonyl (C=O) groups is 1. The van der Waals surface area contributed by atoms with Gasteiger partial charge in [-0.2, -0.15) is 10.1 Å². The van der Waals surface area contributed by atoms with Crippen LogP contribution in [0.4, 0.5) is 11.6 Å². The average Bonchev–Trinajstić information content (AvgIpc) is 2.70. The Hall–Kier alpha value is -2.37. The monoisotopic (exact) mass is 203 g/mol. The Bertz CT molecular complexity index is 465. The predicted molar refractivity (Wildman–Crippen MR) is 55.2 cm³/mol. The fraction of sp³-hybridized carbons (Fsp3) is 0. The van der Waals surface area contributed by atoms with Gasteiger partial charge in [-0.15, -0.1) is 0 Å². The second-order valence-corrected chi connectivity index (χ2v) is 2.91. The average molecular weight is 203 g/mol. The van der Waals surface area contributed by atoms with Crippen LogP contribution in [0, 0.1) is 0 Å². The lowest BCUT2D eigenvalue weighted by molar-refractivity contribution is 0.102. The number of carbonyl (C=O) groups excluding carboxylic acids is 1. The second kappa shape index (κ2) is 3.79. The molecule has 6 nitrogen and oxygen atoms in total. The van der Waals surface area contributed by atoms with Gasteiger partial charge in [-0.05, 0) is 18.2 Å². The maximum Gasteiger partial charge on any atom is 0.258 e. The molecule has 1 aromatic carbocycles. The lowest BCUT2D eigenvalue weighted by Crippen LogP contribution is -2.13. The molecule has 0 spiro atoms. The van der Waals surface area contributed by atoms with Gasteiger partial charge in [0.2, 0.25) is 5.95 Å². The van der Waals surface area contributed by atoms with Gasteiger partial charge in [0.1, 0.15) is 6.33 Å². The van der Waals surface area contributed by atoms with Crippen LogP contribution in [0.25, 0.3) is 0 Å². The molecule has 76 valence electrons. The van der Waals surface area contributed by atoms with Crippen molar-refractivity contribution in [3.05, 3.63) is 36.2 Å². The van der Waals surface area contributed by atoms with E-state index in [4.69, 9.17) is 5.73 Å². The van der Waals surface area contributed by atoms with Crippen LogP contribution >= 0.6 is 0 Å². The summed E-state index contributed by atoms with van der Waals surface area (Å²) >= 11 is 0. The van der Waals surface area contributed by atoms with Gasteiger partial charge in [-0.1, -0.05) is 6.07 Å². The Kier molecular flexibility index (Phi) is 2.32. The third-order valence-corrected chi connectivity index (χ3v) is 1.80. The molecule has 15 heavy (non-hydrogen) atoms.